The van der Waals surface area contributed by atoms with Gasteiger partial charge in [0.1, 0.15) is 6.26 Å². The Morgan fingerprint density at radius 2 is 1.80 bits per heavy atom. The van der Waals surface area contributed by atoms with Crippen LogP contribution >= 0.6 is 0 Å². The van der Waals surface area contributed by atoms with E-state index in [-0.39, 0.29) is 5.76 Å². The van der Waals surface area contributed by atoms with Gasteiger partial charge in [-0.3, -0.25) is 9.59 Å². The van der Waals surface area contributed by atoms with Crippen molar-refractivity contribution in [2.24, 2.45) is 0 Å². The molecule has 0 amide bonds. The van der Waals surface area contributed by atoms with Gasteiger partial charge < -0.3 is 14.2 Å². The van der Waals surface area contributed by atoms with Crippen molar-refractivity contribution in [3.05, 3.63) is 47.9 Å². The topological polar surface area (TPSA) is 78.9 Å². The zero-order valence-electron chi connectivity index (χ0n) is 11.1. The van der Waals surface area contributed by atoms with E-state index in [0.29, 0.717) is 5.56 Å². The summed E-state index contributed by atoms with van der Waals surface area (Å²) in [6, 6.07) is 8.22. The molecule has 0 N–H and O–H groups in total. The zero-order valence-corrected chi connectivity index (χ0v) is 11.1. The van der Waals surface area contributed by atoms with Gasteiger partial charge in [-0.2, -0.15) is 0 Å². The number of benzene rings is 1. The first-order valence-corrected chi connectivity index (χ1v) is 5.71. The molecule has 0 atom stereocenters. The summed E-state index contributed by atoms with van der Waals surface area (Å²) >= 11 is 0. The number of Topliss-reactive ketones (excluding diaryl/α,β-unsaturated/α-hetero) is 1. The van der Waals surface area contributed by atoms with Crippen LogP contribution in [0.3, 0.4) is 0 Å². The molecule has 0 saturated carbocycles. The maximum absolute atomic E-state index is 11.7. The number of carbonyl (C=O) groups is 3. The van der Waals surface area contributed by atoms with E-state index in [9.17, 15) is 14.4 Å². The van der Waals surface area contributed by atoms with Crippen molar-refractivity contribution in [1.82, 2.24) is 0 Å². The first-order chi connectivity index (χ1) is 9.54. The highest BCUT2D eigenvalue weighted by molar-refractivity contribution is 5.98. The van der Waals surface area contributed by atoms with Gasteiger partial charge in [-0.05, 0) is 12.1 Å². The van der Waals surface area contributed by atoms with Gasteiger partial charge in [0, 0.05) is 6.92 Å². The number of hydrogen-bond donors (Lipinski definition) is 0. The second-order valence-electron chi connectivity index (χ2n) is 3.68. The van der Waals surface area contributed by atoms with Crippen LogP contribution in [0.5, 0.6) is 0 Å². The third kappa shape index (κ3) is 4.93. The van der Waals surface area contributed by atoms with E-state index < -0.39 is 24.3 Å². The normalized spacial score (nSPS) is 10.6. The highest BCUT2D eigenvalue weighted by atomic mass is 16.6. The van der Waals surface area contributed by atoms with E-state index in [1.54, 1.807) is 30.3 Å². The number of carbonyl (C=O) groups excluding carboxylic acids is 3. The van der Waals surface area contributed by atoms with Crippen molar-refractivity contribution in [3.63, 3.8) is 0 Å². The van der Waals surface area contributed by atoms with E-state index in [4.69, 9.17) is 4.74 Å². The first kappa shape index (κ1) is 15.4. The van der Waals surface area contributed by atoms with Crippen LogP contribution in [0.25, 0.3) is 0 Å². The van der Waals surface area contributed by atoms with Gasteiger partial charge in [0.15, 0.2) is 6.61 Å². The lowest BCUT2D eigenvalue weighted by Crippen LogP contribution is -2.18. The SMILES string of the molecule is COC=C(OC(C)=O)C(=O)COC(=O)c1ccccc1. The number of rotatable bonds is 6. The van der Waals surface area contributed by atoms with Crippen molar-refractivity contribution in [3.8, 4) is 0 Å². The Bertz CT molecular complexity index is 518. The minimum atomic E-state index is -0.675. The lowest BCUT2D eigenvalue weighted by molar-refractivity contribution is -0.141. The summed E-state index contributed by atoms with van der Waals surface area (Å²) in [4.78, 5) is 34.1. The van der Waals surface area contributed by atoms with E-state index in [1.165, 1.54) is 7.11 Å². The fraction of sp³-hybridized carbons (Fsp3) is 0.214. The van der Waals surface area contributed by atoms with Gasteiger partial charge >= 0.3 is 11.9 Å². The second-order valence-corrected chi connectivity index (χ2v) is 3.68. The van der Waals surface area contributed by atoms with Crippen molar-refractivity contribution >= 4 is 17.7 Å². The fourth-order valence-corrected chi connectivity index (χ4v) is 1.27. The maximum atomic E-state index is 11.7. The Hall–Kier alpha value is -2.63. The number of ketones is 1. The Kier molecular flexibility index (Phi) is 5.96. The summed E-state index contributed by atoms with van der Waals surface area (Å²) in [5, 5.41) is 0. The highest BCUT2D eigenvalue weighted by Crippen LogP contribution is 2.04. The van der Waals surface area contributed by atoms with Gasteiger partial charge in [-0.25, -0.2) is 4.79 Å². The highest BCUT2D eigenvalue weighted by Gasteiger charge is 2.17. The second kappa shape index (κ2) is 7.73. The number of ether oxygens (including phenoxy) is 3. The van der Waals surface area contributed by atoms with E-state index >= 15 is 0 Å². The molecule has 0 unspecified atom stereocenters. The van der Waals surface area contributed by atoms with Crippen LogP contribution in [0.15, 0.2) is 42.4 Å². The van der Waals surface area contributed by atoms with Crippen LogP contribution in [0.1, 0.15) is 17.3 Å². The molecule has 1 aromatic carbocycles. The van der Waals surface area contributed by atoms with Crippen molar-refractivity contribution in [2.45, 2.75) is 6.92 Å². The Morgan fingerprint density at radius 3 is 2.35 bits per heavy atom. The molecule has 1 rings (SSSR count). The Balaban J connectivity index is 2.59. The van der Waals surface area contributed by atoms with Gasteiger partial charge in [-0.1, -0.05) is 18.2 Å². The third-order valence-electron chi connectivity index (χ3n) is 2.10. The number of hydrogen-bond acceptors (Lipinski definition) is 6. The summed E-state index contributed by atoms with van der Waals surface area (Å²) in [7, 11) is 1.30. The predicted octanol–water partition coefficient (Wildman–Crippen LogP) is 1.46. The molecule has 106 valence electrons. The lowest BCUT2D eigenvalue weighted by Gasteiger charge is -2.07. The molecule has 0 heterocycles. The summed E-state index contributed by atoms with van der Waals surface area (Å²) in [5.74, 6) is -2.30. The Labute approximate surface area is 115 Å². The van der Waals surface area contributed by atoms with Crippen molar-refractivity contribution < 1.29 is 28.6 Å². The maximum Gasteiger partial charge on any atom is 0.338 e. The van der Waals surface area contributed by atoms with Crippen LogP contribution in [0.2, 0.25) is 0 Å². The molecule has 6 heteroatoms. The van der Waals surface area contributed by atoms with Crippen LogP contribution in [0.4, 0.5) is 0 Å². The van der Waals surface area contributed by atoms with Crippen LogP contribution in [0, 0.1) is 0 Å². The average Bonchev–Trinajstić information content (AvgIpc) is 2.44. The van der Waals surface area contributed by atoms with Gasteiger partial charge in [-0.15, -0.1) is 0 Å². The largest absolute Gasteiger partial charge is 0.500 e. The standard InChI is InChI=1S/C14H14O6/c1-10(15)20-13(9-18-2)12(16)8-19-14(17)11-6-4-3-5-7-11/h3-7,9H,8H2,1-2H3. The number of methoxy groups -OCH3 is 1. The molecule has 0 radical (unpaired) electrons. The quantitative estimate of drug-likeness (QED) is 0.445. The summed E-state index contributed by atoms with van der Waals surface area (Å²) in [6.07, 6.45) is 0.972. The van der Waals surface area contributed by atoms with E-state index in [2.05, 4.69) is 9.47 Å². The third-order valence-corrected chi connectivity index (χ3v) is 2.10. The van der Waals surface area contributed by atoms with Crippen LogP contribution in [-0.4, -0.2) is 31.4 Å². The molecule has 0 saturated heterocycles. The predicted molar refractivity (Wildman–Crippen MR) is 68.6 cm³/mol. The first-order valence-electron chi connectivity index (χ1n) is 5.71. The van der Waals surface area contributed by atoms with Crippen LogP contribution < -0.4 is 0 Å². The minimum Gasteiger partial charge on any atom is -0.500 e. The summed E-state index contributed by atoms with van der Waals surface area (Å²) in [6.45, 7) is 0.600. The van der Waals surface area contributed by atoms with Crippen molar-refractivity contribution in [1.29, 1.82) is 0 Å². The average molecular weight is 278 g/mol. The monoisotopic (exact) mass is 278 g/mol. The lowest BCUT2D eigenvalue weighted by atomic mass is 10.2. The molecule has 0 bridgehead atoms. The Morgan fingerprint density at radius 1 is 1.15 bits per heavy atom. The molecule has 1 aromatic rings. The smallest absolute Gasteiger partial charge is 0.338 e. The molecular formula is C14H14O6. The van der Waals surface area contributed by atoms with E-state index in [0.717, 1.165) is 13.2 Å². The zero-order chi connectivity index (χ0) is 15.0. The molecule has 20 heavy (non-hydrogen) atoms. The van der Waals surface area contributed by atoms with Crippen LogP contribution in [-0.2, 0) is 23.8 Å². The molecule has 0 aromatic heterocycles. The summed E-state index contributed by atoms with van der Waals surface area (Å²) in [5.41, 5.74) is 0.324. The van der Waals surface area contributed by atoms with Gasteiger partial charge in [0.25, 0.3) is 0 Å². The van der Waals surface area contributed by atoms with Gasteiger partial charge in [0.2, 0.25) is 11.5 Å². The number of esters is 2. The molecule has 0 aliphatic rings. The minimum absolute atomic E-state index is 0.319. The summed E-state index contributed by atoms with van der Waals surface area (Å²) < 4.78 is 14.1. The molecular weight excluding hydrogens is 264 g/mol. The molecule has 6 nitrogen and oxygen atoms in total. The van der Waals surface area contributed by atoms with E-state index in [1.807, 2.05) is 0 Å². The molecule has 0 fully saturated rings. The fourth-order valence-electron chi connectivity index (χ4n) is 1.27. The van der Waals surface area contributed by atoms with Gasteiger partial charge in [0.05, 0.1) is 12.7 Å². The molecule has 0 aliphatic heterocycles. The molecule has 0 spiro atoms. The molecule has 0 aliphatic carbocycles. The van der Waals surface area contributed by atoms with Crippen molar-refractivity contribution in [2.75, 3.05) is 13.7 Å².